The fourth-order valence-corrected chi connectivity index (χ4v) is 2.86. The van der Waals surface area contributed by atoms with Gasteiger partial charge in [0.1, 0.15) is 11.6 Å². The van der Waals surface area contributed by atoms with Crippen molar-refractivity contribution in [2.24, 2.45) is 0 Å². The highest BCUT2D eigenvalue weighted by Gasteiger charge is 2.15. The summed E-state index contributed by atoms with van der Waals surface area (Å²) in [6.45, 7) is 2.96. The summed E-state index contributed by atoms with van der Waals surface area (Å²) < 4.78 is 26.2. The van der Waals surface area contributed by atoms with E-state index >= 15 is 0 Å². The molecule has 0 saturated carbocycles. The lowest BCUT2D eigenvalue weighted by molar-refractivity contribution is 0.0946. The van der Waals surface area contributed by atoms with Crippen LogP contribution in [0.15, 0.2) is 42.5 Å². The number of carbonyl (C=O) groups is 1. The first kappa shape index (κ1) is 15.6. The van der Waals surface area contributed by atoms with Gasteiger partial charge in [0.25, 0.3) is 5.91 Å². The average Bonchev–Trinajstić information content (AvgIpc) is 2.53. The minimum absolute atomic E-state index is 0.00601. The maximum absolute atomic E-state index is 13.1. The second-order valence-corrected chi connectivity index (χ2v) is 5.71. The van der Waals surface area contributed by atoms with Crippen molar-refractivity contribution in [3.05, 3.63) is 70.8 Å². The molecular weight excluding hydrogens is 298 g/mol. The monoisotopic (exact) mass is 316 g/mol. The summed E-state index contributed by atoms with van der Waals surface area (Å²) in [5.74, 6) is -1.95. The molecule has 0 radical (unpaired) electrons. The topological polar surface area (TPSA) is 32.3 Å². The SMILES string of the molecule is O=C(NCCN1CCc2ccccc2C1)c1cc(F)cc(F)c1. The van der Waals surface area contributed by atoms with Crippen LogP contribution in [0.25, 0.3) is 0 Å². The first-order valence-corrected chi connectivity index (χ1v) is 7.65. The third kappa shape index (κ3) is 3.93. The van der Waals surface area contributed by atoms with Crippen LogP contribution < -0.4 is 5.32 Å². The average molecular weight is 316 g/mol. The van der Waals surface area contributed by atoms with Gasteiger partial charge >= 0.3 is 0 Å². The normalized spacial score (nSPS) is 14.3. The molecule has 0 bridgehead atoms. The summed E-state index contributed by atoms with van der Waals surface area (Å²) in [5.41, 5.74) is 2.70. The van der Waals surface area contributed by atoms with E-state index in [1.807, 2.05) is 12.1 Å². The van der Waals surface area contributed by atoms with Crippen molar-refractivity contribution in [2.45, 2.75) is 13.0 Å². The Balaban J connectivity index is 1.51. The molecule has 0 aromatic heterocycles. The van der Waals surface area contributed by atoms with Gasteiger partial charge in [-0.3, -0.25) is 9.69 Å². The number of rotatable bonds is 4. The van der Waals surface area contributed by atoms with Crippen molar-refractivity contribution in [2.75, 3.05) is 19.6 Å². The van der Waals surface area contributed by atoms with Gasteiger partial charge in [0.15, 0.2) is 0 Å². The Morgan fingerprint density at radius 3 is 2.52 bits per heavy atom. The van der Waals surface area contributed by atoms with E-state index in [1.54, 1.807) is 0 Å². The second-order valence-electron chi connectivity index (χ2n) is 5.71. The van der Waals surface area contributed by atoms with Gasteiger partial charge < -0.3 is 5.32 Å². The van der Waals surface area contributed by atoms with Crippen LogP contribution in [0.1, 0.15) is 21.5 Å². The number of hydrogen-bond donors (Lipinski definition) is 1. The van der Waals surface area contributed by atoms with Gasteiger partial charge in [-0.15, -0.1) is 0 Å². The highest BCUT2D eigenvalue weighted by atomic mass is 19.1. The Hall–Kier alpha value is -2.27. The zero-order valence-corrected chi connectivity index (χ0v) is 12.7. The molecule has 0 saturated heterocycles. The second kappa shape index (κ2) is 6.87. The predicted molar refractivity (Wildman–Crippen MR) is 84.1 cm³/mol. The Morgan fingerprint density at radius 2 is 1.78 bits per heavy atom. The Bertz CT molecular complexity index is 698. The predicted octanol–water partition coefficient (Wildman–Crippen LogP) is 2.75. The molecule has 5 heteroatoms. The van der Waals surface area contributed by atoms with Crippen molar-refractivity contribution in [1.82, 2.24) is 10.2 Å². The molecule has 0 unspecified atom stereocenters. The molecule has 2 aromatic carbocycles. The Morgan fingerprint density at radius 1 is 1.09 bits per heavy atom. The van der Waals surface area contributed by atoms with E-state index in [1.165, 1.54) is 11.1 Å². The Labute approximate surface area is 133 Å². The smallest absolute Gasteiger partial charge is 0.251 e. The van der Waals surface area contributed by atoms with Crippen LogP contribution in [-0.4, -0.2) is 30.4 Å². The Kier molecular flexibility index (Phi) is 4.67. The lowest BCUT2D eigenvalue weighted by Gasteiger charge is -2.28. The van der Waals surface area contributed by atoms with Gasteiger partial charge in [-0.05, 0) is 29.7 Å². The lowest BCUT2D eigenvalue weighted by Crippen LogP contribution is -2.37. The molecule has 0 aliphatic carbocycles. The molecule has 23 heavy (non-hydrogen) atoms. The van der Waals surface area contributed by atoms with Crippen LogP contribution in [0.5, 0.6) is 0 Å². The fourth-order valence-electron chi connectivity index (χ4n) is 2.86. The number of benzene rings is 2. The third-order valence-electron chi connectivity index (χ3n) is 4.05. The van der Waals surface area contributed by atoms with E-state index < -0.39 is 17.5 Å². The van der Waals surface area contributed by atoms with Crippen LogP contribution >= 0.6 is 0 Å². The van der Waals surface area contributed by atoms with E-state index in [4.69, 9.17) is 0 Å². The van der Waals surface area contributed by atoms with E-state index in [0.29, 0.717) is 13.1 Å². The van der Waals surface area contributed by atoms with Gasteiger partial charge in [0.2, 0.25) is 0 Å². The third-order valence-corrected chi connectivity index (χ3v) is 4.05. The highest BCUT2D eigenvalue weighted by Crippen LogP contribution is 2.17. The molecule has 1 aliphatic heterocycles. The number of nitrogens with zero attached hydrogens (tertiary/aromatic N) is 1. The van der Waals surface area contributed by atoms with E-state index in [9.17, 15) is 13.6 Å². The molecular formula is C18H18F2N2O. The number of fused-ring (bicyclic) bond motifs is 1. The van der Waals surface area contributed by atoms with Crippen molar-refractivity contribution in [3.63, 3.8) is 0 Å². The molecule has 120 valence electrons. The van der Waals surface area contributed by atoms with Crippen LogP contribution in [0.2, 0.25) is 0 Å². The molecule has 1 heterocycles. The van der Waals surface area contributed by atoms with E-state index in [2.05, 4.69) is 22.3 Å². The standard InChI is InChI=1S/C18H18F2N2O/c19-16-9-15(10-17(20)11-16)18(23)21-6-8-22-7-5-13-3-1-2-4-14(13)12-22/h1-4,9-11H,5-8,12H2,(H,21,23). The van der Waals surface area contributed by atoms with Crippen LogP contribution in [0.4, 0.5) is 8.78 Å². The quantitative estimate of drug-likeness (QED) is 0.941. The zero-order valence-electron chi connectivity index (χ0n) is 12.7. The fraction of sp³-hybridized carbons (Fsp3) is 0.278. The summed E-state index contributed by atoms with van der Waals surface area (Å²) in [6, 6.07) is 11.2. The summed E-state index contributed by atoms with van der Waals surface area (Å²) in [6.07, 6.45) is 0.999. The minimum Gasteiger partial charge on any atom is -0.351 e. The number of hydrogen-bond acceptors (Lipinski definition) is 2. The molecule has 1 amide bonds. The largest absolute Gasteiger partial charge is 0.351 e. The van der Waals surface area contributed by atoms with Crippen LogP contribution in [0, 0.1) is 11.6 Å². The summed E-state index contributed by atoms with van der Waals surface area (Å²) >= 11 is 0. The molecule has 3 rings (SSSR count). The number of halogens is 2. The summed E-state index contributed by atoms with van der Waals surface area (Å²) in [7, 11) is 0. The summed E-state index contributed by atoms with van der Waals surface area (Å²) in [5, 5.41) is 2.71. The van der Waals surface area contributed by atoms with Gasteiger partial charge in [-0.2, -0.15) is 0 Å². The first-order chi connectivity index (χ1) is 11.1. The van der Waals surface area contributed by atoms with Crippen molar-refractivity contribution >= 4 is 5.91 Å². The van der Waals surface area contributed by atoms with Gasteiger partial charge in [0.05, 0.1) is 0 Å². The maximum atomic E-state index is 13.1. The van der Waals surface area contributed by atoms with Crippen molar-refractivity contribution in [3.8, 4) is 0 Å². The van der Waals surface area contributed by atoms with Gasteiger partial charge in [-0.25, -0.2) is 8.78 Å². The van der Waals surface area contributed by atoms with Crippen molar-refractivity contribution in [1.29, 1.82) is 0 Å². The molecule has 1 N–H and O–H groups in total. The summed E-state index contributed by atoms with van der Waals surface area (Å²) in [4.78, 5) is 14.2. The zero-order chi connectivity index (χ0) is 16.2. The molecule has 2 aromatic rings. The number of amides is 1. The maximum Gasteiger partial charge on any atom is 0.251 e. The molecule has 1 aliphatic rings. The minimum atomic E-state index is -0.747. The van der Waals surface area contributed by atoms with Gasteiger partial charge in [-0.1, -0.05) is 24.3 Å². The molecule has 3 nitrogen and oxygen atoms in total. The van der Waals surface area contributed by atoms with Crippen LogP contribution in [-0.2, 0) is 13.0 Å². The van der Waals surface area contributed by atoms with Gasteiger partial charge in [0, 0.05) is 37.8 Å². The highest BCUT2D eigenvalue weighted by molar-refractivity contribution is 5.94. The van der Waals surface area contributed by atoms with E-state index in [0.717, 1.165) is 37.7 Å². The van der Waals surface area contributed by atoms with Crippen LogP contribution in [0.3, 0.4) is 0 Å². The first-order valence-electron chi connectivity index (χ1n) is 7.65. The molecule has 0 fully saturated rings. The molecule has 0 atom stereocenters. The lowest BCUT2D eigenvalue weighted by atomic mass is 10.00. The van der Waals surface area contributed by atoms with Crippen molar-refractivity contribution < 1.29 is 13.6 Å². The number of carbonyl (C=O) groups excluding carboxylic acids is 1. The molecule has 0 spiro atoms. The number of nitrogens with one attached hydrogen (secondary N) is 1. The van der Waals surface area contributed by atoms with E-state index in [-0.39, 0.29) is 5.56 Å².